The van der Waals surface area contributed by atoms with Gasteiger partial charge in [0.2, 0.25) is 0 Å². The smallest absolute Gasteiger partial charge is 0.254 e. The minimum Gasteiger partial charge on any atom is -0.383 e. The zero-order valence-corrected chi connectivity index (χ0v) is 16.9. The van der Waals surface area contributed by atoms with Crippen molar-refractivity contribution in [1.82, 2.24) is 19.7 Å². The van der Waals surface area contributed by atoms with Gasteiger partial charge in [-0.3, -0.25) is 9.78 Å². The number of amides is 1. The van der Waals surface area contributed by atoms with E-state index in [1.807, 2.05) is 6.07 Å². The second-order valence-electron chi connectivity index (χ2n) is 7.99. The molecule has 1 aromatic carbocycles. The van der Waals surface area contributed by atoms with Crippen LogP contribution in [0.25, 0.3) is 33.5 Å². The second-order valence-corrected chi connectivity index (χ2v) is 7.99. The van der Waals surface area contributed by atoms with E-state index in [-0.39, 0.29) is 47.0 Å². The van der Waals surface area contributed by atoms with Crippen LogP contribution in [0.5, 0.6) is 0 Å². The minimum absolute atomic E-state index is 0.00249. The number of benzene rings is 1. The van der Waals surface area contributed by atoms with Crippen molar-refractivity contribution in [2.75, 3.05) is 5.73 Å². The Morgan fingerprint density at radius 3 is 2.56 bits per heavy atom. The van der Waals surface area contributed by atoms with Crippen molar-refractivity contribution in [3.8, 4) is 22.6 Å². The summed E-state index contributed by atoms with van der Waals surface area (Å²) in [7, 11) is 0. The number of primary amides is 1. The first-order valence-corrected chi connectivity index (χ1v) is 9.95. The van der Waals surface area contributed by atoms with Gasteiger partial charge in [0.05, 0.1) is 17.4 Å². The molecule has 0 atom stereocenters. The van der Waals surface area contributed by atoms with Crippen molar-refractivity contribution in [3.05, 3.63) is 60.0 Å². The van der Waals surface area contributed by atoms with Crippen LogP contribution in [0.4, 0.5) is 10.2 Å². The van der Waals surface area contributed by atoms with Crippen LogP contribution in [0.2, 0.25) is 0 Å². The molecule has 10 heteroatoms. The van der Waals surface area contributed by atoms with E-state index < -0.39 is 17.4 Å². The SMILES string of the molecule is NC(=O)c1c(-c2ccc3ccc(-c4ccccn4)nc3c2F)nn([C@H]2C[C@@](N)(O)C2)c1N. The number of nitrogen functional groups attached to an aromatic ring is 1. The Kier molecular flexibility index (Phi) is 4.43. The first-order valence-electron chi connectivity index (χ1n) is 9.95. The van der Waals surface area contributed by atoms with Crippen LogP contribution < -0.4 is 17.2 Å². The highest BCUT2D eigenvalue weighted by Gasteiger charge is 2.42. The number of hydrogen-bond acceptors (Lipinski definition) is 7. The highest BCUT2D eigenvalue weighted by Crippen LogP contribution is 2.41. The molecule has 0 aliphatic heterocycles. The minimum atomic E-state index is -1.32. The molecule has 1 aliphatic carbocycles. The number of fused-ring (bicyclic) bond motifs is 1. The molecule has 1 saturated carbocycles. The fraction of sp³-hybridized carbons (Fsp3) is 0.182. The fourth-order valence-corrected chi connectivity index (χ4v) is 4.08. The van der Waals surface area contributed by atoms with Crippen LogP contribution in [0.3, 0.4) is 0 Å². The number of rotatable bonds is 4. The number of nitrogens with zero attached hydrogens (tertiary/aromatic N) is 4. The highest BCUT2D eigenvalue weighted by atomic mass is 19.1. The first-order chi connectivity index (χ1) is 15.2. The van der Waals surface area contributed by atoms with Crippen LogP contribution in [-0.2, 0) is 0 Å². The quantitative estimate of drug-likeness (QED) is 0.358. The number of carbonyl (C=O) groups is 1. The Morgan fingerprint density at radius 2 is 1.91 bits per heavy atom. The first kappa shape index (κ1) is 20.0. The van der Waals surface area contributed by atoms with E-state index in [0.717, 1.165) is 0 Å². The standard InChI is InChI=1S/C22H20FN7O2/c23-17-13(6-4-11-5-7-15(28-18(11)17)14-3-1-2-8-27-14)19-16(21(25)31)20(24)30(29-19)12-9-22(26,32)10-12/h1-8,12,32H,9-10,24,26H2,(H2,25,31)/t12-,22+. The molecule has 162 valence electrons. The zero-order valence-electron chi connectivity index (χ0n) is 16.9. The van der Waals surface area contributed by atoms with Crippen molar-refractivity contribution in [3.63, 3.8) is 0 Å². The number of aliphatic hydroxyl groups is 1. The molecular weight excluding hydrogens is 413 g/mol. The van der Waals surface area contributed by atoms with Crippen LogP contribution in [0, 0.1) is 5.82 Å². The molecule has 9 nitrogen and oxygen atoms in total. The van der Waals surface area contributed by atoms with E-state index in [0.29, 0.717) is 16.8 Å². The molecule has 0 radical (unpaired) electrons. The Morgan fingerprint density at radius 1 is 1.16 bits per heavy atom. The molecular formula is C22H20FN7O2. The normalized spacial score (nSPS) is 20.3. The fourth-order valence-electron chi connectivity index (χ4n) is 4.08. The average molecular weight is 433 g/mol. The molecule has 5 rings (SSSR count). The van der Waals surface area contributed by atoms with E-state index in [4.69, 9.17) is 17.2 Å². The van der Waals surface area contributed by atoms with E-state index in [2.05, 4.69) is 15.1 Å². The molecule has 7 N–H and O–H groups in total. The summed E-state index contributed by atoms with van der Waals surface area (Å²) in [5, 5.41) is 14.8. The number of halogens is 1. The van der Waals surface area contributed by atoms with Gasteiger partial charge in [-0.25, -0.2) is 14.1 Å². The van der Waals surface area contributed by atoms with E-state index >= 15 is 4.39 Å². The van der Waals surface area contributed by atoms with Gasteiger partial charge in [-0.15, -0.1) is 0 Å². The summed E-state index contributed by atoms with van der Waals surface area (Å²) in [6, 6.07) is 11.8. The molecule has 1 aliphatic rings. The summed E-state index contributed by atoms with van der Waals surface area (Å²) in [5.41, 5.74) is 17.2. The number of pyridine rings is 2. The monoisotopic (exact) mass is 433 g/mol. The average Bonchev–Trinajstić information content (AvgIpc) is 3.09. The van der Waals surface area contributed by atoms with Gasteiger partial charge in [0.1, 0.15) is 28.3 Å². The maximum absolute atomic E-state index is 15.7. The number of anilines is 1. The van der Waals surface area contributed by atoms with Gasteiger partial charge in [0, 0.05) is 30.0 Å². The summed E-state index contributed by atoms with van der Waals surface area (Å²) in [6.07, 6.45) is 2.03. The second kappa shape index (κ2) is 7.08. The Bertz CT molecular complexity index is 1360. The van der Waals surface area contributed by atoms with Crippen molar-refractivity contribution >= 4 is 22.6 Å². The van der Waals surface area contributed by atoms with E-state index in [9.17, 15) is 9.90 Å². The molecule has 32 heavy (non-hydrogen) atoms. The van der Waals surface area contributed by atoms with Gasteiger partial charge in [0.15, 0.2) is 5.82 Å². The number of hydrogen-bond donors (Lipinski definition) is 4. The number of nitrogens with two attached hydrogens (primary N) is 3. The molecule has 3 heterocycles. The maximum Gasteiger partial charge on any atom is 0.254 e. The Labute approximate surface area is 181 Å². The molecule has 1 fully saturated rings. The maximum atomic E-state index is 15.7. The lowest BCUT2D eigenvalue weighted by atomic mass is 9.83. The molecule has 0 saturated heterocycles. The lowest BCUT2D eigenvalue weighted by Gasteiger charge is -2.40. The van der Waals surface area contributed by atoms with Gasteiger partial charge in [-0.05, 0) is 24.3 Å². The van der Waals surface area contributed by atoms with Gasteiger partial charge < -0.3 is 22.3 Å². The third-order valence-electron chi connectivity index (χ3n) is 5.70. The third-order valence-corrected chi connectivity index (χ3v) is 5.70. The van der Waals surface area contributed by atoms with Gasteiger partial charge >= 0.3 is 0 Å². The van der Waals surface area contributed by atoms with Crippen LogP contribution in [0.15, 0.2) is 48.7 Å². The molecule has 0 spiro atoms. The summed E-state index contributed by atoms with van der Waals surface area (Å²) < 4.78 is 17.0. The van der Waals surface area contributed by atoms with Gasteiger partial charge in [0.25, 0.3) is 5.91 Å². The van der Waals surface area contributed by atoms with Crippen LogP contribution >= 0.6 is 0 Å². The lowest BCUT2D eigenvalue weighted by molar-refractivity contribution is -0.0643. The van der Waals surface area contributed by atoms with Gasteiger partial charge in [-0.2, -0.15) is 5.10 Å². The van der Waals surface area contributed by atoms with E-state index in [1.54, 1.807) is 36.5 Å². The Hall–Kier alpha value is -3.89. The van der Waals surface area contributed by atoms with Crippen LogP contribution in [0.1, 0.15) is 29.2 Å². The van der Waals surface area contributed by atoms with Crippen molar-refractivity contribution < 1.29 is 14.3 Å². The predicted molar refractivity (Wildman–Crippen MR) is 116 cm³/mol. The third kappa shape index (κ3) is 3.17. The van der Waals surface area contributed by atoms with Gasteiger partial charge in [-0.1, -0.05) is 18.2 Å². The topological polar surface area (TPSA) is 159 Å². The summed E-state index contributed by atoms with van der Waals surface area (Å²) in [4.78, 5) is 20.9. The predicted octanol–water partition coefficient (Wildman–Crippen LogP) is 1.96. The summed E-state index contributed by atoms with van der Waals surface area (Å²) >= 11 is 0. The highest BCUT2D eigenvalue weighted by molar-refractivity contribution is 6.04. The van der Waals surface area contributed by atoms with E-state index in [1.165, 1.54) is 10.7 Å². The molecule has 0 bridgehead atoms. The van der Waals surface area contributed by atoms with Crippen molar-refractivity contribution in [1.29, 1.82) is 0 Å². The number of carbonyl (C=O) groups excluding carboxylic acids is 1. The Balaban J connectivity index is 1.66. The van der Waals surface area contributed by atoms with Crippen molar-refractivity contribution in [2.45, 2.75) is 24.6 Å². The molecule has 3 aromatic heterocycles. The summed E-state index contributed by atoms with van der Waals surface area (Å²) in [6.45, 7) is 0. The van der Waals surface area contributed by atoms with Crippen LogP contribution in [-0.4, -0.2) is 36.5 Å². The summed E-state index contributed by atoms with van der Waals surface area (Å²) in [5.74, 6) is -1.49. The number of aromatic nitrogens is 4. The zero-order chi connectivity index (χ0) is 22.6. The van der Waals surface area contributed by atoms with Crippen molar-refractivity contribution in [2.24, 2.45) is 11.5 Å². The molecule has 4 aromatic rings. The molecule has 1 amide bonds. The lowest BCUT2D eigenvalue weighted by Crippen LogP contribution is -2.52. The molecule has 0 unspecified atom stereocenters. The largest absolute Gasteiger partial charge is 0.383 e.